The van der Waals surface area contributed by atoms with E-state index < -0.39 is 0 Å². The molecule has 0 atom stereocenters. The molecule has 5 nitrogen and oxygen atoms in total. The van der Waals surface area contributed by atoms with Crippen molar-refractivity contribution < 1.29 is 9.59 Å². The van der Waals surface area contributed by atoms with Gasteiger partial charge in [0.2, 0.25) is 5.91 Å². The molecule has 2 amide bonds. The SMILES string of the molecule is Cc1[nH]c2ccc(C(=O)N3CCC(C(=O)NC(C)C)CC3)cc2c1C. The van der Waals surface area contributed by atoms with Gasteiger partial charge in [0.15, 0.2) is 0 Å². The molecule has 0 radical (unpaired) electrons. The van der Waals surface area contributed by atoms with Crippen molar-refractivity contribution in [2.45, 2.75) is 46.6 Å². The van der Waals surface area contributed by atoms with Gasteiger partial charge in [-0.1, -0.05) is 0 Å². The minimum atomic E-state index is 0.0171. The Morgan fingerprint density at radius 3 is 2.52 bits per heavy atom. The average Bonchev–Trinajstić information content (AvgIpc) is 2.88. The first kappa shape index (κ1) is 17.5. The highest BCUT2D eigenvalue weighted by Crippen LogP contribution is 2.24. The minimum absolute atomic E-state index is 0.0171. The third kappa shape index (κ3) is 3.55. The van der Waals surface area contributed by atoms with Crippen molar-refractivity contribution >= 4 is 22.7 Å². The van der Waals surface area contributed by atoms with E-state index >= 15 is 0 Å². The van der Waals surface area contributed by atoms with E-state index in [1.54, 1.807) is 0 Å². The van der Waals surface area contributed by atoms with Gasteiger partial charge >= 0.3 is 0 Å². The molecule has 0 unspecified atom stereocenters. The summed E-state index contributed by atoms with van der Waals surface area (Å²) >= 11 is 0. The Kier molecular flexibility index (Phi) is 4.84. The van der Waals surface area contributed by atoms with Crippen molar-refractivity contribution in [2.24, 2.45) is 5.92 Å². The summed E-state index contributed by atoms with van der Waals surface area (Å²) < 4.78 is 0. The second-order valence-electron chi connectivity index (χ2n) is 7.37. The van der Waals surface area contributed by atoms with Crippen LogP contribution < -0.4 is 5.32 Å². The quantitative estimate of drug-likeness (QED) is 0.900. The monoisotopic (exact) mass is 341 g/mol. The molecular weight excluding hydrogens is 314 g/mol. The number of H-pyrrole nitrogens is 1. The number of aromatic amines is 1. The average molecular weight is 341 g/mol. The summed E-state index contributed by atoms with van der Waals surface area (Å²) in [5.74, 6) is 0.188. The second kappa shape index (κ2) is 6.90. The van der Waals surface area contributed by atoms with Gasteiger partial charge < -0.3 is 15.2 Å². The van der Waals surface area contributed by atoms with Gasteiger partial charge in [-0.25, -0.2) is 0 Å². The second-order valence-corrected chi connectivity index (χ2v) is 7.37. The van der Waals surface area contributed by atoms with Gasteiger partial charge in [0.25, 0.3) is 5.91 Å². The topological polar surface area (TPSA) is 65.2 Å². The summed E-state index contributed by atoms with van der Waals surface area (Å²) in [6, 6.07) is 6.00. The number of benzene rings is 1. The number of hydrogen-bond donors (Lipinski definition) is 2. The Hall–Kier alpha value is -2.30. The molecule has 0 saturated carbocycles. The molecule has 1 aromatic carbocycles. The third-order valence-corrected chi connectivity index (χ3v) is 5.14. The van der Waals surface area contributed by atoms with Crippen LogP contribution >= 0.6 is 0 Å². The van der Waals surface area contributed by atoms with Crippen LogP contribution in [-0.2, 0) is 4.79 Å². The number of rotatable bonds is 3. The van der Waals surface area contributed by atoms with E-state index in [1.807, 2.05) is 43.9 Å². The van der Waals surface area contributed by atoms with Crippen LogP contribution in [-0.4, -0.2) is 40.8 Å². The van der Waals surface area contributed by atoms with Crippen LogP contribution in [0.4, 0.5) is 0 Å². The van der Waals surface area contributed by atoms with E-state index in [0.29, 0.717) is 13.1 Å². The molecule has 0 spiro atoms. The Labute approximate surface area is 148 Å². The zero-order valence-corrected chi connectivity index (χ0v) is 15.5. The summed E-state index contributed by atoms with van der Waals surface area (Å²) in [5, 5.41) is 4.08. The fourth-order valence-corrected chi connectivity index (χ4v) is 3.52. The van der Waals surface area contributed by atoms with Gasteiger partial charge in [-0.2, -0.15) is 0 Å². The predicted octanol–water partition coefficient (Wildman–Crippen LogP) is 3.16. The highest BCUT2D eigenvalue weighted by atomic mass is 16.2. The summed E-state index contributed by atoms with van der Waals surface area (Å²) in [6.45, 7) is 9.33. The zero-order chi connectivity index (χ0) is 18.1. The number of aromatic nitrogens is 1. The van der Waals surface area contributed by atoms with Crippen molar-refractivity contribution in [3.8, 4) is 0 Å². The first-order valence-electron chi connectivity index (χ1n) is 9.05. The number of aryl methyl sites for hydroxylation is 2. The molecule has 1 aromatic heterocycles. The van der Waals surface area contributed by atoms with Crippen molar-refractivity contribution in [1.29, 1.82) is 0 Å². The predicted molar refractivity (Wildman–Crippen MR) is 99.7 cm³/mol. The van der Waals surface area contributed by atoms with Crippen LogP contribution in [0.1, 0.15) is 48.3 Å². The maximum absolute atomic E-state index is 12.8. The number of hydrogen-bond acceptors (Lipinski definition) is 2. The standard InChI is InChI=1S/C20H27N3O2/c1-12(2)21-19(24)15-7-9-23(10-8-15)20(25)16-5-6-18-17(11-16)13(3)14(4)22-18/h5-6,11-12,15,22H,7-10H2,1-4H3,(H,21,24). The Bertz CT molecular complexity index is 799. The van der Waals surface area contributed by atoms with Crippen LogP contribution in [0.5, 0.6) is 0 Å². The number of likely N-dealkylation sites (tertiary alicyclic amines) is 1. The normalized spacial score (nSPS) is 15.8. The van der Waals surface area contributed by atoms with Crippen molar-refractivity contribution in [3.63, 3.8) is 0 Å². The molecule has 3 rings (SSSR count). The number of carbonyl (C=O) groups is 2. The number of nitrogens with zero attached hydrogens (tertiary/aromatic N) is 1. The smallest absolute Gasteiger partial charge is 0.253 e. The number of carbonyl (C=O) groups excluding carboxylic acids is 2. The zero-order valence-electron chi connectivity index (χ0n) is 15.5. The van der Waals surface area contributed by atoms with Gasteiger partial charge in [-0.3, -0.25) is 9.59 Å². The number of piperidine rings is 1. The van der Waals surface area contributed by atoms with E-state index in [1.165, 1.54) is 5.56 Å². The maximum atomic E-state index is 12.8. The highest BCUT2D eigenvalue weighted by Gasteiger charge is 2.28. The van der Waals surface area contributed by atoms with Crippen molar-refractivity contribution in [3.05, 3.63) is 35.0 Å². The van der Waals surface area contributed by atoms with Gasteiger partial charge in [0.05, 0.1) is 0 Å². The molecule has 0 aliphatic carbocycles. The van der Waals surface area contributed by atoms with Gasteiger partial charge in [0.1, 0.15) is 0 Å². The fourth-order valence-electron chi connectivity index (χ4n) is 3.52. The molecule has 5 heteroatoms. The van der Waals surface area contributed by atoms with Crippen LogP contribution in [0.2, 0.25) is 0 Å². The van der Waals surface area contributed by atoms with E-state index in [0.717, 1.165) is 35.0 Å². The molecule has 2 N–H and O–H groups in total. The molecule has 0 bridgehead atoms. The minimum Gasteiger partial charge on any atom is -0.358 e. The van der Waals surface area contributed by atoms with E-state index in [4.69, 9.17) is 0 Å². The molecule has 25 heavy (non-hydrogen) atoms. The molecule has 1 aliphatic rings. The summed E-state index contributed by atoms with van der Waals surface area (Å²) in [7, 11) is 0. The Balaban J connectivity index is 1.68. The molecule has 2 heterocycles. The first-order valence-corrected chi connectivity index (χ1v) is 9.05. The van der Waals surface area contributed by atoms with Gasteiger partial charge in [0, 0.05) is 47.2 Å². The lowest BCUT2D eigenvalue weighted by atomic mass is 9.95. The van der Waals surface area contributed by atoms with Crippen molar-refractivity contribution in [1.82, 2.24) is 15.2 Å². The third-order valence-electron chi connectivity index (χ3n) is 5.14. The summed E-state index contributed by atoms with van der Waals surface area (Å²) in [5.41, 5.74) is 4.11. The first-order chi connectivity index (χ1) is 11.9. The summed E-state index contributed by atoms with van der Waals surface area (Å²) in [4.78, 5) is 30.2. The van der Waals surface area contributed by atoms with Crippen LogP contribution in [0.25, 0.3) is 10.9 Å². The van der Waals surface area contributed by atoms with Gasteiger partial charge in [-0.15, -0.1) is 0 Å². The summed E-state index contributed by atoms with van der Waals surface area (Å²) in [6.07, 6.45) is 1.46. The van der Waals surface area contributed by atoms with Crippen LogP contribution in [0, 0.1) is 19.8 Å². The van der Waals surface area contributed by atoms with E-state index in [2.05, 4.69) is 17.2 Å². The van der Waals surface area contributed by atoms with Crippen LogP contribution in [0.15, 0.2) is 18.2 Å². The lowest BCUT2D eigenvalue weighted by Crippen LogP contribution is -2.44. The molecule has 1 fully saturated rings. The maximum Gasteiger partial charge on any atom is 0.253 e. The van der Waals surface area contributed by atoms with E-state index in [9.17, 15) is 9.59 Å². The highest BCUT2D eigenvalue weighted by molar-refractivity contribution is 5.99. The Morgan fingerprint density at radius 2 is 1.88 bits per heavy atom. The van der Waals surface area contributed by atoms with Crippen LogP contribution in [0.3, 0.4) is 0 Å². The molecule has 134 valence electrons. The molecular formula is C20H27N3O2. The molecule has 1 aliphatic heterocycles. The fraction of sp³-hybridized carbons (Fsp3) is 0.500. The van der Waals surface area contributed by atoms with E-state index in [-0.39, 0.29) is 23.8 Å². The lowest BCUT2D eigenvalue weighted by molar-refractivity contribution is -0.126. The lowest BCUT2D eigenvalue weighted by Gasteiger charge is -2.31. The Morgan fingerprint density at radius 1 is 1.20 bits per heavy atom. The number of nitrogens with one attached hydrogen (secondary N) is 2. The largest absolute Gasteiger partial charge is 0.358 e. The van der Waals surface area contributed by atoms with Gasteiger partial charge in [-0.05, 0) is 64.3 Å². The molecule has 1 saturated heterocycles. The molecule has 2 aromatic rings. The number of amides is 2. The number of fused-ring (bicyclic) bond motifs is 1. The van der Waals surface area contributed by atoms with Crippen molar-refractivity contribution in [2.75, 3.05) is 13.1 Å².